The van der Waals surface area contributed by atoms with Crippen LogP contribution in [0, 0.1) is 0 Å². The first-order valence-electron chi connectivity index (χ1n) is 8.47. The van der Waals surface area contributed by atoms with Crippen molar-refractivity contribution in [2.45, 2.75) is 25.7 Å². The molecule has 6 nitrogen and oxygen atoms in total. The van der Waals surface area contributed by atoms with Crippen LogP contribution in [0.5, 0.6) is 11.5 Å². The number of amides is 1. The molecule has 0 bridgehead atoms. The molecular weight excluding hydrogens is 354 g/mol. The SMILES string of the molecule is CCOC(=O)c1c(C2CC2)csc1NC(=O)COc1ccc(OC)cc1. The molecule has 0 unspecified atom stereocenters. The van der Waals surface area contributed by atoms with Gasteiger partial charge in [-0.15, -0.1) is 11.3 Å². The minimum atomic E-state index is -0.387. The third-order valence-corrected chi connectivity index (χ3v) is 4.91. The van der Waals surface area contributed by atoms with Crippen molar-refractivity contribution in [3.63, 3.8) is 0 Å². The molecule has 0 spiro atoms. The van der Waals surface area contributed by atoms with Crippen molar-refractivity contribution in [1.82, 2.24) is 0 Å². The number of esters is 1. The Kier molecular flexibility index (Phi) is 5.78. The number of benzene rings is 1. The highest BCUT2D eigenvalue weighted by Crippen LogP contribution is 2.46. The van der Waals surface area contributed by atoms with Crippen LogP contribution in [-0.4, -0.2) is 32.2 Å². The Bertz CT molecular complexity index is 780. The molecule has 1 fully saturated rings. The van der Waals surface area contributed by atoms with Crippen LogP contribution in [0.2, 0.25) is 0 Å². The quantitative estimate of drug-likeness (QED) is 0.710. The molecule has 1 heterocycles. The molecular formula is C19H21NO5S. The average Bonchev–Trinajstić information content (AvgIpc) is 3.41. The molecule has 2 aromatic rings. The van der Waals surface area contributed by atoms with Crippen LogP contribution < -0.4 is 14.8 Å². The summed E-state index contributed by atoms with van der Waals surface area (Å²) < 4.78 is 15.7. The minimum absolute atomic E-state index is 0.148. The van der Waals surface area contributed by atoms with E-state index in [9.17, 15) is 9.59 Å². The lowest BCUT2D eigenvalue weighted by Gasteiger charge is -2.09. The lowest BCUT2D eigenvalue weighted by Crippen LogP contribution is -2.21. The number of carbonyl (C=O) groups is 2. The topological polar surface area (TPSA) is 73.9 Å². The highest BCUT2D eigenvalue weighted by molar-refractivity contribution is 7.15. The van der Waals surface area contributed by atoms with Crippen molar-refractivity contribution in [3.05, 3.63) is 40.8 Å². The van der Waals surface area contributed by atoms with E-state index in [0.717, 1.165) is 18.4 Å². The molecule has 1 aliphatic rings. The summed E-state index contributed by atoms with van der Waals surface area (Å²) in [5, 5.41) is 5.23. The lowest BCUT2D eigenvalue weighted by molar-refractivity contribution is -0.118. The zero-order chi connectivity index (χ0) is 18.5. The first kappa shape index (κ1) is 18.3. The zero-order valence-electron chi connectivity index (χ0n) is 14.7. The van der Waals surface area contributed by atoms with E-state index in [4.69, 9.17) is 14.2 Å². The predicted molar refractivity (Wildman–Crippen MR) is 99.4 cm³/mol. The molecule has 0 radical (unpaired) electrons. The van der Waals surface area contributed by atoms with Gasteiger partial charge in [0.2, 0.25) is 0 Å². The first-order chi connectivity index (χ1) is 12.6. The Morgan fingerprint density at radius 3 is 2.50 bits per heavy atom. The van der Waals surface area contributed by atoms with Gasteiger partial charge in [0.15, 0.2) is 6.61 Å². The number of carbonyl (C=O) groups excluding carboxylic acids is 2. The van der Waals surface area contributed by atoms with E-state index in [0.29, 0.717) is 34.6 Å². The van der Waals surface area contributed by atoms with Crippen LogP contribution in [0.3, 0.4) is 0 Å². The summed E-state index contributed by atoms with van der Waals surface area (Å²) in [5.41, 5.74) is 1.46. The fourth-order valence-electron chi connectivity index (χ4n) is 2.56. The molecule has 0 aliphatic heterocycles. The molecule has 1 N–H and O–H groups in total. The summed E-state index contributed by atoms with van der Waals surface area (Å²) >= 11 is 1.35. The molecule has 1 aromatic heterocycles. The van der Waals surface area contributed by atoms with Crippen LogP contribution in [0.15, 0.2) is 29.6 Å². The first-order valence-corrected chi connectivity index (χ1v) is 9.35. The van der Waals surface area contributed by atoms with Crippen LogP contribution in [0.25, 0.3) is 0 Å². The number of ether oxygens (including phenoxy) is 3. The van der Waals surface area contributed by atoms with E-state index in [-0.39, 0.29) is 18.5 Å². The normalized spacial score (nSPS) is 13.2. The molecule has 1 aliphatic carbocycles. The second-order valence-electron chi connectivity index (χ2n) is 5.90. The van der Waals surface area contributed by atoms with E-state index >= 15 is 0 Å². The highest BCUT2D eigenvalue weighted by atomic mass is 32.1. The van der Waals surface area contributed by atoms with Crippen molar-refractivity contribution in [1.29, 1.82) is 0 Å². The van der Waals surface area contributed by atoms with Crippen LogP contribution in [-0.2, 0) is 9.53 Å². The van der Waals surface area contributed by atoms with Crippen molar-refractivity contribution >= 4 is 28.2 Å². The smallest absolute Gasteiger partial charge is 0.341 e. The van der Waals surface area contributed by atoms with Crippen LogP contribution >= 0.6 is 11.3 Å². The molecule has 1 saturated carbocycles. The number of hydrogen-bond acceptors (Lipinski definition) is 6. The predicted octanol–water partition coefficient (Wildman–Crippen LogP) is 3.83. The Balaban J connectivity index is 1.64. The average molecular weight is 375 g/mol. The molecule has 26 heavy (non-hydrogen) atoms. The van der Waals surface area contributed by atoms with Gasteiger partial charge in [0.1, 0.15) is 16.5 Å². The van der Waals surface area contributed by atoms with Crippen molar-refractivity contribution in [2.75, 3.05) is 25.6 Å². The van der Waals surface area contributed by atoms with Gasteiger partial charge in [-0.3, -0.25) is 4.79 Å². The molecule has 3 rings (SSSR count). The number of methoxy groups -OCH3 is 1. The standard InChI is InChI=1S/C19H21NO5S/c1-3-24-19(22)17-15(12-4-5-12)11-26-18(17)20-16(21)10-25-14-8-6-13(23-2)7-9-14/h6-9,11-12H,3-5,10H2,1-2H3,(H,20,21). The zero-order valence-corrected chi connectivity index (χ0v) is 15.6. The van der Waals surface area contributed by atoms with Crippen molar-refractivity contribution in [2.24, 2.45) is 0 Å². The summed E-state index contributed by atoms with van der Waals surface area (Å²) in [6, 6.07) is 6.97. The van der Waals surface area contributed by atoms with Crippen molar-refractivity contribution < 1.29 is 23.8 Å². The van der Waals surface area contributed by atoms with E-state index < -0.39 is 0 Å². The maximum atomic E-state index is 12.3. The number of hydrogen-bond donors (Lipinski definition) is 1. The van der Waals surface area contributed by atoms with Crippen LogP contribution in [0.1, 0.15) is 41.6 Å². The Morgan fingerprint density at radius 1 is 1.19 bits per heavy atom. The number of rotatable bonds is 8. The summed E-state index contributed by atoms with van der Waals surface area (Å²) in [7, 11) is 1.58. The fraction of sp³-hybridized carbons (Fsp3) is 0.368. The highest BCUT2D eigenvalue weighted by Gasteiger charge is 2.32. The van der Waals surface area contributed by atoms with Gasteiger partial charge in [-0.2, -0.15) is 0 Å². The van der Waals surface area contributed by atoms with Gasteiger partial charge in [0.05, 0.1) is 19.3 Å². The van der Waals surface area contributed by atoms with Gasteiger partial charge >= 0.3 is 5.97 Å². The number of anilines is 1. The fourth-order valence-corrected chi connectivity index (χ4v) is 3.60. The van der Waals surface area contributed by atoms with Gasteiger partial charge < -0.3 is 19.5 Å². The van der Waals surface area contributed by atoms with E-state index in [1.165, 1.54) is 11.3 Å². The second-order valence-corrected chi connectivity index (χ2v) is 6.78. The maximum Gasteiger partial charge on any atom is 0.341 e. The Labute approximate surface area is 156 Å². The summed E-state index contributed by atoms with van der Waals surface area (Å²) in [4.78, 5) is 24.5. The van der Waals surface area contributed by atoms with Gasteiger partial charge in [-0.05, 0) is 60.9 Å². The Morgan fingerprint density at radius 2 is 1.88 bits per heavy atom. The van der Waals surface area contributed by atoms with E-state index in [2.05, 4.69) is 5.32 Å². The lowest BCUT2D eigenvalue weighted by atomic mass is 10.1. The second kappa shape index (κ2) is 8.23. The van der Waals surface area contributed by atoms with E-state index in [1.807, 2.05) is 5.38 Å². The van der Waals surface area contributed by atoms with E-state index in [1.54, 1.807) is 38.3 Å². The molecule has 138 valence electrons. The molecule has 0 atom stereocenters. The number of nitrogens with one attached hydrogen (secondary N) is 1. The van der Waals surface area contributed by atoms with Gasteiger partial charge in [0, 0.05) is 0 Å². The monoisotopic (exact) mass is 375 g/mol. The molecule has 1 amide bonds. The minimum Gasteiger partial charge on any atom is -0.497 e. The number of thiophene rings is 1. The molecule has 7 heteroatoms. The van der Waals surface area contributed by atoms with Gasteiger partial charge in [-0.1, -0.05) is 0 Å². The maximum absolute atomic E-state index is 12.3. The van der Waals surface area contributed by atoms with Crippen molar-refractivity contribution in [3.8, 4) is 11.5 Å². The third kappa shape index (κ3) is 4.35. The van der Waals surface area contributed by atoms with Gasteiger partial charge in [0.25, 0.3) is 5.91 Å². The summed E-state index contributed by atoms with van der Waals surface area (Å²) in [6.45, 7) is 1.92. The van der Waals surface area contributed by atoms with Crippen LogP contribution in [0.4, 0.5) is 5.00 Å². The molecule has 0 saturated heterocycles. The summed E-state index contributed by atoms with van der Waals surface area (Å²) in [6.07, 6.45) is 2.13. The largest absolute Gasteiger partial charge is 0.497 e. The van der Waals surface area contributed by atoms with Gasteiger partial charge in [-0.25, -0.2) is 4.79 Å². The third-order valence-electron chi connectivity index (χ3n) is 4.00. The summed E-state index contributed by atoms with van der Waals surface area (Å²) in [5.74, 6) is 0.966. The molecule has 1 aromatic carbocycles. The Hall–Kier alpha value is -2.54.